The van der Waals surface area contributed by atoms with Crippen molar-refractivity contribution in [2.45, 2.75) is 19.8 Å². The van der Waals surface area contributed by atoms with Crippen molar-refractivity contribution in [1.29, 1.82) is 0 Å². The van der Waals surface area contributed by atoms with Gasteiger partial charge in [0, 0.05) is 23.4 Å². The number of amides is 1. The highest BCUT2D eigenvalue weighted by Crippen LogP contribution is 2.37. The maximum Gasteiger partial charge on any atom is 0.320 e. The second-order valence-corrected chi connectivity index (χ2v) is 4.18. The number of anilines is 1. The highest BCUT2D eigenvalue weighted by molar-refractivity contribution is 6.16. The largest absolute Gasteiger partial charge is 0.480 e. The van der Waals surface area contributed by atoms with Gasteiger partial charge in [-0.25, -0.2) is 0 Å². The quantitative estimate of drug-likeness (QED) is 0.647. The zero-order valence-corrected chi connectivity index (χ0v) is 10.1. The molecule has 0 radical (unpaired) electrons. The first kappa shape index (κ1) is 12.3. The Morgan fingerprint density at radius 3 is 2.56 bits per heavy atom. The van der Waals surface area contributed by atoms with E-state index in [9.17, 15) is 14.4 Å². The lowest BCUT2D eigenvalue weighted by atomic mass is 9.98. The number of aliphatic carboxylic acids is 1. The summed E-state index contributed by atoms with van der Waals surface area (Å²) in [5.74, 6) is -2.97. The molecular formula is C13H13NO4. The van der Waals surface area contributed by atoms with E-state index in [1.165, 1.54) is 17.9 Å². The Balaban J connectivity index is 2.60. The van der Waals surface area contributed by atoms with Crippen molar-refractivity contribution in [2.75, 3.05) is 11.4 Å². The third-order valence-corrected chi connectivity index (χ3v) is 3.11. The zero-order chi connectivity index (χ0) is 13.4. The standard InChI is InChI=1S/C13H13NO4/c1-3-14-10-5-4-8(7(2)15)6-9(10)11(12(14)16)13(17)18/h4-6,11H,3H2,1-2H3,(H,17,18). The molecule has 0 saturated heterocycles. The number of carboxylic acid groups (broad SMARTS) is 1. The van der Waals surface area contributed by atoms with Gasteiger partial charge in [0.25, 0.3) is 0 Å². The highest BCUT2D eigenvalue weighted by atomic mass is 16.4. The van der Waals surface area contributed by atoms with Crippen LogP contribution >= 0.6 is 0 Å². The first-order valence-electron chi connectivity index (χ1n) is 5.66. The van der Waals surface area contributed by atoms with Crippen LogP contribution in [0.15, 0.2) is 18.2 Å². The minimum absolute atomic E-state index is 0.149. The molecule has 1 aromatic carbocycles. The van der Waals surface area contributed by atoms with E-state index in [0.717, 1.165) is 0 Å². The molecule has 0 aliphatic carbocycles. The van der Waals surface area contributed by atoms with Crippen LogP contribution in [0, 0.1) is 0 Å². The van der Waals surface area contributed by atoms with Crippen LogP contribution in [0.3, 0.4) is 0 Å². The molecule has 0 saturated carbocycles. The Morgan fingerprint density at radius 1 is 1.39 bits per heavy atom. The van der Waals surface area contributed by atoms with Crippen LogP contribution in [0.5, 0.6) is 0 Å². The maximum atomic E-state index is 12.0. The molecule has 18 heavy (non-hydrogen) atoms. The lowest BCUT2D eigenvalue weighted by molar-refractivity contribution is -0.142. The van der Waals surface area contributed by atoms with Crippen molar-refractivity contribution >= 4 is 23.3 Å². The fourth-order valence-electron chi connectivity index (χ4n) is 2.22. The average Bonchev–Trinajstić information content (AvgIpc) is 2.59. The van der Waals surface area contributed by atoms with E-state index < -0.39 is 17.8 Å². The zero-order valence-electron chi connectivity index (χ0n) is 10.1. The highest BCUT2D eigenvalue weighted by Gasteiger charge is 2.41. The van der Waals surface area contributed by atoms with Crippen LogP contribution in [0.2, 0.25) is 0 Å². The number of nitrogens with zero attached hydrogens (tertiary/aromatic N) is 1. The first-order chi connectivity index (χ1) is 8.47. The van der Waals surface area contributed by atoms with Gasteiger partial charge in [0.2, 0.25) is 5.91 Å². The van der Waals surface area contributed by atoms with Gasteiger partial charge in [0.15, 0.2) is 11.7 Å². The predicted molar refractivity (Wildman–Crippen MR) is 64.9 cm³/mol. The van der Waals surface area contributed by atoms with Gasteiger partial charge >= 0.3 is 5.97 Å². The van der Waals surface area contributed by atoms with E-state index in [4.69, 9.17) is 5.11 Å². The van der Waals surface area contributed by atoms with Gasteiger partial charge in [-0.2, -0.15) is 0 Å². The van der Waals surface area contributed by atoms with Crippen LogP contribution in [0.1, 0.15) is 35.7 Å². The van der Waals surface area contributed by atoms with E-state index in [1.54, 1.807) is 19.1 Å². The SMILES string of the molecule is CCN1C(=O)C(C(=O)O)c2cc(C(C)=O)ccc21. The number of ketones is 1. The summed E-state index contributed by atoms with van der Waals surface area (Å²) in [4.78, 5) is 35.9. The molecule has 1 unspecified atom stereocenters. The maximum absolute atomic E-state index is 12.0. The van der Waals surface area contributed by atoms with Gasteiger partial charge in [0.1, 0.15) is 0 Å². The second-order valence-electron chi connectivity index (χ2n) is 4.18. The predicted octanol–water partition coefficient (Wildman–Crippen LogP) is 1.42. The molecule has 1 amide bonds. The molecule has 1 heterocycles. The third kappa shape index (κ3) is 1.68. The molecule has 1 N–H and O–H groups in total. The number of fused-ring (bicyclic) bond motifs is 1. The monoisotopic (exact) mass is 247 g/mol. The number of Topliss-reactive ketones (excluding diaryl/α,β-unsaturated/α-hetero) is 1. The van der Waals surface area contributed by atoms with Crippen molar-refractivity contribution < 1.29 is 19.5 Å². The minimum Gasteiger partial charge on any atom is -0.480 e. The molecule has 5 nitrogen and oxygen atoms in total. The molecule has 1 atom stereocenters. The lowest BCUT2D eigenvalue weighted by Gasteiger charge is -2.14. The van der Waals surface area contributed by atoms with Crippen molar-refractivity contribution in [1.82, 2.24) is 0 Å². The summed E-state index contributed by atoms with van der Waals surface area (Å²) in [6.07, 6.45) is 0. The van der Waals surface area contributed by atoms with Gasteiger partial charge < -0.3 is 10.0 Å². The number of benzene rings is 1. The van der Waals surface area contributed by atoms with E-state index in [2.05, 4.69) is 0 Å². The van der Waals surface area contributed by atoms with E-state index in [-0.39, 0.29) is 5.78 Å². The number of carbonyl (C=O) groups is 3. The van der Waals surface area contributed by atoms with Crippen molar-refractivity contribution in [3.05, 3.63) is 29.3 Å². The topological polar surface area (TPSA) is 74.7 Å². The van der Waals surface area contributed by atoms with Crippen molar-refractivity contribution in [3.63, 3.8) is 0 Å². The molecule has 0 spiro atoms. The van der Waals surface area contributed by atoms with E-state index in [1.807, 2.05) is 0 Å². The molecule has 0 bridgehead atoms. The summed E-state index contributed by atoms with van der Waals surface area (Å²) >= 11 is 0. The molecule has 94 valence electrons. The summed E-state index contributed by atoms with van der Waals surface area (Å²) < 4.78 is 0. The normalized spacial score (nSPS) is 17.8. The van der Waals surface area contributed by atoms with Gasteiger partial charge in [0.05, 0.1) is 0 Å². The van der Waals surface area contributed by atoms with Crippen molar-refractivity contribution in [3.8, 4) is 0 Å². The van der Waals surface area contributed by atoms with Crippen molar-refractivity contribution in [2.24, 2.45) is 0 Å². The Bertz CT molecular complexity index is 550. The lowest BCUT2D eigenvalue weighted by Crippen LogP contribution is -2.31. The summed E-state index contributed by atoms with van der Waals surface area (Å²) in [6, 6.07) is 4.75. The molecule has 1 aliphatic heterocycles. The molecule has 0 fully saturated rings. The van der Waals surface area contributed by atoms with Crippen LogP contribution in [-0.4, -0.2) is 29.3 Å². The van der Waals surface area contributed by atoms with E-state index in [0.29, 0.717) is 23.4 Å². The smallest absolute Gasteiger partial charge is 0.320 e. The fraction of sp³-hybridized carbons (Fsp3) is 0.308. The third-order valence-electron chi connectivity index (χ3n) is 3.11. The van der Waals surface area contributed by atoms with Gasteiger partial charge in [-0.15, -0.1) is 0 Å². The molecule has 2 rings (SSSR count). The number of carbonyl (C=O) groups excluding carboxylic acids is 2. The van der Waals surface area contributed by atoms with Crippen LogP contribution in [0.25, 0.3) is 0 Å². The molecule has 1 aromatic rings. The van der Waals surface area contributed by atoms with Crippen LogP contribution < -0.4 is 4.90 Å². The Hall–Kier alpha value is -2.17. The molecule has 0 aromatic heterocycles. The summed E-state index contributed by atoms with van der Waals surface area (Å²) in [5.41, 5.74) is 1.41. The number of hydrogen-bond donors (Lipinski definition) is 1. The number of likely N-dealkylation sites (N-methyl/N-ethyl adjacent to an activating group) is 1. The first-order valence-corrected chi connectivity index (χ1v) is 5.66. The Labute approximate surface area is 104 Å². The molecule has 5 heteroatoms. The second kappa shape index (κ2) is 4.25. The number of rotatable bonds is 3. The Kier molecular flexibility index (Phi) is 2.90. The summed E-state index contributed by atoms with van der Waals surface area (Å²) in [6.45, 7) is 3.60. The number of carboxylic acids is 1. The minimum atomic E-state index is -1.20. The van der Waals surface area contributed by atoms with Crippen LogP contribution in [0.4, 0.5) is 5.69 Å². The van der Waals surface area contributed by atoms with Gasteiger partial charge in [-0.3, -0.25) is 14.4 Å². The van der Waals surface area contributed by atoms with E-state index >= 15 is 0 Å². The van der Waals surface area contributed by atoms with Crippen LogP contribution in [-0.2, 0) is 9.59 Å². The molecular weight excluding hydrogens is 234 g/mol. The summed E-state index contributed by atoms with van der Waals surface area (Å²) in [5, 5.41) is 9.14. The Morgan fingerprint density at radius 2 is 2.06 bits per heavy atom. The molecule has 1 aliphatic rings. The van der Waals surface area contributed by atoms with Gasteiger partial charge in [-0.1, -0.05) is 0 Å². The summed E-state index contributed by atoms with van der Waals surface area (Å²) in [7, 11) is 0. The van der Waals surface area contributed by atoms with Gasteiger partial charge in [-0.05, 0) is 32.0 Å². The average molecular weight is 247 g/mol. The fourth-order valence-corrected chi connectivity index (χ4v) is 2.22. The number of hydrogen-bond acceptors (Lipinski definition) is 3.